The third-order valence-corrected chi connectivity index (χ3v) is 4.73. The van der Waals surface area contributed by atoms with Gasteiger partial charge in [0.05, 0.1) is 13.2 Å². The average molecular weight is 286 g/mol. The van der Waals surface area contributed by atoms with E-state index in [4.69, 9.17) is 4.74 Å². The molecule has 1 heterocycles. The van der Waals surface area contributed by atoms with Crippen LogP contribution in [0.2, 0.25) is 0 Å². The molecule has 0 aromatic heterocycles. The Morgan fingerprint density at radius 3 is 1.75 bits per heavy atom. The van der Waals surface area contributed by atoms with Crippen molar-refractivity contribution in [2.75, 3.05) is 13.2 Å². The average Bonchev–Trinajstić information content (AvgIpc) is 2.38. The zero-order valence-electron chi connectivity index (χ0n) is 14.0. The number of halogens is 1. The van der Waals surface area contributed by atoms with Crippen molar-refractivity contribution in [1.29, 1.82) is 0 Å². The van der Waals surface area contributed by atoms with Crippen molar-refractivity contribution in [3.63, 3.8) is 0 Å². The van der Waals surface area contributed by atoms with E-state index in [1.807, 2.05) is 0 Å². The fourth-order valence-corrected chi connectivity index (χ4v) is 3.45. The van der Waals surface area contributed by atoms with Crippen molar-refractivity contribution in [2.45, 2.75) is 97.1 Å². The second kappa shape index (κ2) is 9.02. The summed E-state index contributed by atoms with van der Waals surface area (Å²) in [5.41, 5.74) is -0.843. The molecular weight excluding hydrogens is 251 g/mol. The second-order valence-electron chi connectivity index (χ2n) is 7.25. The highest BCUT2D eigenvalue weighted by molar-refractivity contribution is 4.92. The third kappa shape index (κ3) is 6.56. The number of rotatable bonds is 12. The zero-order chi connectivity index (χ0) is 14.9. The van der Waals surface area contributed by atoms with Crippen LogP contribution in [-0.2, 0) is 4.74 Å². The molecule has 0 aromatic carbocycles. The first-order valence-electron chi connectivity index (χ1n) is 8.80. The molecule has 0 aromatic rings. The van der Waals surface area contributed by atoms with Gasteiger partial charge in [-0.1, -0.05) is 72.1 Å². The van der Waals surface area contributed by atoms with Crippen LogP contribution in [0.3, 0.4) is 0 Å². The lowest BCUT2D eigenvalue weighted by molar-refractivity contribution is -0.150. The summed E-state index contributed by atoms with van der Waals surface area (Å²) < 4.78 is 19.5. The van der Waals surface area contributed by atoms with E-state index in [-0.39, 0.29) is 5.41 Å². The maximum Gasteiger partial charge on any atom is 0.157 e. The van der Waals surface area contributed by atoms with Crippen LogP contribution >= 0.6 is 0 Å². The Kier molecular flexibility index (Phi) is 8.09. The highest BCUT2D eigenvalue weighted by Crippen LogP contribution is 2.42. The molecule has 1 nitrogen and oxygen atoms in total. The van der Waals surface area contributed by atoms with Gasteiger partial charge in [0.15, 0.2) is 5.67 Å². The molecule has 0 radical (unpaired) electrons. The highest BCUT2D eigenvalue weighted by Gasteiger charge is 2.44. The van der Waals surface area contributed by atoms with Crippen molar-refractivity contribution in [1.82, 2.24) is 0 Å². The number of ether oxygens (including phenoxy) is 1. The van der Waals surface area contributed by atoms with Gasteiger partial charge in [-0.3, -0.25) is 0 Å². The minimum absolute atomic E-state index is 0.181. The summed E-state index contributed by atoms with van der Waals surface area (Å²) in [6, 6.07) is 0. The third-order valence-electron chi connectivity index (χ3n) is 4.73. The van der Waals surface area contributed by atoms with Gasteiger partial charge in [-0.25, -0.2) is 4.39 Å². The second-order valence-corrected chi connectivity index (χ2v) is 7.25. The first-order chi connectivity index (χ1) is 9.54. The Labute approximate surface area is 125 Å². The molecule has 1 aliphatic heterocycles. The summed E-state index contributed by atoms with van der Waals surface area (Å²) in [7, 11) is 0. The van der Waals surface area contributed by atoms with Gasteiger partial charge in [0.1, 0.15) is 0 Å². The van der Waals surface area contributed by atoms with Gasteiger partial charge in [-0.2, -0.15) is 0 Å². The summed E-state index contributed by atoms with van der Waals surface area (Å²) in [6.45, 7) is 7.45. The Bertz CT molecular complexity index is 236. The normalized spacial score (nSPS) is 18.0. The maximum atomic E-state index is 14.4. The molecule has 0 atom stereocenters. The Hall–Kier alpha value is -0.110. The quantitative estimate of drug-likeness (QED) is 0.396. The molecule has 1 aliphatic rings. The predicted molar refractivity (Wildman–Crippen MR) is 84.9 cm³/mol. The summed E-state index contributed by atoms with van der Waals surface area (Å²) in [5, 5.41) is 0. The van der Waals surface area contributed by atoms with Crippen molar-refractivity contribution >= 4 is 0 Å². The van der Waals surface area contributed by atoms with E-state index in [2.05, 4.69) is 20.8 Å². The molecule has 0 spiro atoms. The van der Waals surface area contributed by atoms with E-state index in [9.17, 15) is 4.39 Å². The topological polar surface area (TPSA) is 9.23 Å². The monoisotopic (exact) mass is 286 g/mol. The van der Waals surface area contributed by atoms with Crippen LogP contribution in [0.4, 0.5) is 4.39 Å². The smallest absolute Gasteiger partial charge is 0.157 e. The van der Waals surface area contributed by atoms with E-state index in [1.54, 1.807) is 0 Å². The zero-order valence-corrected chi connectivity index (χ0v) is 14.0. The molecule has 0 N–H and O–H groups in total. The molecule has 2 heteroatoms. The van der Waals surface area contributed by atoms with E-state index in [1.165, 1.54) is 64.2 Å². The maximum absolute atomic E-state index is 14.4. The van der Waals surface area contributed by atoms with Gasteiger partial charge < -0.3 is 4.74 Å². The first-order valence-corrected chi connectivity index (χ1v) is 8.80. The minimum atomic E-state index is -1.02. The van der Waals surface area contributed by atoms with Crippen LogP contribution in [-0.4, -0.2) is 18.9 Å². The van der Waals surface area contributed by atoms with Crippen molar-refractivity contribution in [3.8, 4) is 0 Å². The lowest BCUT2D eigenvalue weighted by Crippen LogP contribution is -2.48. The lowest BCUT2D eigenvalue weighted by atomic mass is 9.72. The molecule has 120 valence electrons. The fraction of sp³-hybridized carbons (Fsp3) is 1.00. The SMILES string of the molecule is CCCCCCC(C)(CCCCCC)CC1(F)COC1. The molecule has 0 aliphatic carbocycles. The Morgan fingerprint density at radius 2 is 1.40 bits per heavy atom. The molecule has 0 unspecified atom stereocenters. The van der Waals surface area contributed by atoms with Crippen LogP contribution in [0.1, 0.15) is 91.4 Å². The molecule has 0 amide bonds. The molecular formula is C18H35FO. The van der Waals surface area contributed by atoms with Crippen LogP contribution in [0.5, 0.6) is 0 Å². The molecule has 1 saturated heterocycles. The number of hydrogen-bond donors (Lipinski definition) is 0. The van der Waals surface area contributed by atoms with Gasteiger partial charge in [0, 0.05) is 0 Å². The fourth-order valence-electron chi connectivity index (χ4n) is 3.45. The van der Waals surface area contributed by atoms with Crippen LogP contribution in [0.25, 0.3) is 0 Å². The summed E-state index contributed by atoms with van der Waals surface area (Å²) >= 11 is 0. The summed E-state index contributed by atoms with van der Waals surface area (Å²) in [6.07, 6.45) is 13.4. The standard InChI is InChI=1S/C18H35FO/c1-4-6-8-10-12-17(3,13-11-9-7-5-2)14-18(19)15-20-16-18/h4-16H2,1-3H3. The van der Waals surface area contributed by atoms with E-state index >= 15 is 0 Å². The number of hydrogen-bond acceptors (Lipinski definition) is 1. The van der Waals surface area contributed by atoms with Crippen molar-refractivity contribution in [3.05, 3.63) is 0 Å². The van der Waals surface area contributed by atoms with E-state index in [0.29, 0.717) is 19.6 Å². The van der Waals surface area contributed by atoms with Gasteiger partial charge in [0.2, 0.25) is 0 Å². The minimum Gasteiger partial charge on any atom is -0.375 e. The lowest BCUT2D eigenvalue weighted by Gasteiger charge is -2.42. The molecule has 20 heavy (non-hydrogen) atoms. The summed E-state index contributed by atoms with van der Waals surface area (Å²) in [4.78, 5) is 0. The van der Waals surface area contributed by atoms with Gasteiger partial charge >= 0.3 is 0 Å². The molecule has 0 bridgehead atoms. The van der Waals surface area contributed by atoms with Gasteiger partial charge in [-0.15, -0.1) is 0 Å². The van der Waals surface area contributed by atoms with Crippen LogP contribution in [0, 0.1) is 5.41 Å². The molecule has 1 rings (SSSR count). The number of unbranched alkanes of at least 4 members (excludes halogenated alkanes) is 6. The van der Waals surface area contributed by atoms with Crippen LogP contribution in [0.15, 0.2) is 0 Å². The predicted octanol–water partition coefficient (Wildman–Crippen LogP) is 6.06. The van der Waals surface area contributed by atoms with Crippen LogP contribution < -0.4 is 0 Å². The van der Waals surface area contributed by atoms with Crippen molar-refractivity contribution < 1.29 is 9.13 Å². The van der Waals surface area contributed by atoms with E-state index in [0.717, 1.165) is 0 Å². The highest BCUT2D eigenvalue weighted by atomic mass is 19.1. The Morgan fingerprint density at radius 1 is 0.900 bits per heavy atom. The molecule has 0 saturated carbocycles. The largest absolute Gasteiger partial charge is 0.375 e. The molecule has 1 fully saturated rings. The number of alkyl halides is 1. The van der Waals surface area contributed by atoms with Gasteiger partial charge in [0.25, 0.3) is 0 Å². The summed E-state index contributed by atoms with van der Waals surface area (Å²) in [5.74, 6) is 0. The van der Waals surface area contributed by atoms with Gasteiger partial charge in [-0.05, 0) is 24.7 Å². The Balaban J connectivity index is 2.38. The van der Waals surface area contributed by atoms with Crippen molar-refractivity contribution in [2.24, 2.45) is 5.41 Å². The van der Waals surface area contributed by atoms with E-state index < -0.39 is 5.67 Å². The first kappa shape index (κ1) is 17.9.